The van der Waals surface area contributed by atoms with Gasteiger partial charge in [0.25, 0.3) is 0 Å². The van der Waals surface area contributed by atoms with Crippen LogP contribution in [-0.4, -0.2) is 63.1 Å². The molecule has 122 valence electrons. The molecule has 0 radical (unpaired) electrons. The number of aryl methyl sites for hydroxylation is 1. The second-order valence-corrected chi connectivity index (χ2v) is 8.36. The summed E-state index contributed by atoms with van der Waals surface area (Å²) in [5, 5.41) is 0.287. The van der Waals surface area contributed by atoms with Crippen LogP contribution in [0.4, 0.5) is 0 Å². The highest BCUT2D eigenvalue weighted by Crippen LogP contribution is 2.30. The van der Waals surface area contributed by atoms with Gasteiger partial charge >= 0.3 is 0 Å². The van der Waals surface area contributed by atoms with Crippen LogP contribution in [0, 0.1) is 6.92 Å². The van der Waals surface area contributed by atoms with Crippen molar-refractivity contribution < 1.29 is 13.2 Å². The van der Waals surface area contributed by atoms with E-state index in [1.54, 1.807) is 18.2 Å². The maximum Gasteiger partial charge on any atom is 0.244 e. The largest absolute Gasteiger partial charge is 0.375 e. The minimum atomic E-state index is -3.56. The Morgan fingerprint density at radius 3 is 2.82 bits per heavy atom. The molecule has 2 atom stereocenters. The van der Waals surface area contributed by atoms with E-state index in [0.29, 0.717) is 19.7 Å². The zero-order chi connectivity index (χ0) is 15.9. The topological polar surface area (TPSA) is 49.9 Å². The number of fused-ring (bicyclic) bond motifs is 1. The number of halogens is 1. The first-order valence-electron chi connectivity index (χ1n) is 7.48. The van der Waals surface area contributed by atoms with Crippen LogP contribution in [0.1, 0.15) is 12.0 Å². The monoisotopic (exact) mass is 344 g/mol. The Labute approximate surface area is 136 Å². The summed E-state index contributed by atoms with van der Waals surface area (Å²) < 4.78 is 33.1. The number of sulfonamides is 1. The van der Waals surface area contributed by atoms with Crippen molar-refractivity contribution in [3.63, 3.8) is 0 Å². The zero-order valence-electron chi connectivity index (χ0n) is 12.8. The van der Waals surface area contributed by atoms with E-state index in [4.69, 9.17) is 16.3 Å². The quantitative estimate of drug-likeness (QED) is 0.820. The van der Waals surface area contributed by atoms with E-state index in [1.807, 2.05) is 14.0 Å². The Morgan fingerprint density at radius 2 is 2.09 bits per heavy atom. The van der Waals surface area contributed by atoms with Gasteiger partial charge < -0.3 is 4.74 Å². The number of benzene rings is 1. The Hall–Kier alpha value is -0.660. The lowest BCUT2D eigenvalue weighted by atomic mass is 10.0. The highest BCUT2D eigenvalue weighted by Gasteiger charge is 2.40. The molecule has 2 saturated heterocycles. The van der Waals surface area contributed by atoms with Gasteiger partial charge in [-0.25, -0.2) is 8.42 Å². The van der Waals surface area contributed by atoms with E-state index in [9.17, 15) is 8.42 Å². The molecule has 0 saturated carbocycles. The van der Waals surface area contributed by atoms with Crippen LogP contribution in [-0.2, 0) is 14.8 Å². The van der Waals surface area contributed by atoms with Gasteiger partial charge in [-0.1, -0.05) is 17.7 Å². The van der Waals surface area contributed by atoms with Gasteiger partial charge in [-0.05, 0) is 38.1 Å². The van der Waals surface area contributed by atoms with Crippen molar-refractivity contribution in [1.82, 2.24) is 9.21 Å². The third kappa shape index (κ3) is 2.90. The number of likely N-dealkylation sites (N-methyl/N-ethyl adjacent to an activating group) is 1. The summed E-state index contributed by atoms with van der Waals surface area (Å²) in [6, 6.07) is 5.18. The minimum absolute atomic E-state index is 0.112. The van der Waals surface area contributed by atoms with Gasteiger partial charge in [-0.15, -0.1) is 0 Å². The van der Waals surface area contributed by atoms with Gasteiger partial charge in [0.15, 0.2) is 0 Å². The second kappa shape index (κ2) is 6.09. The van der Waals surface area contributed by atoms with Gasteiger partial charge in [-0.3, -0.25) is 4.90 Å². The molecule has 0 unspecified atom stereocenters. The number of rotatable bonds is 2. The Bertz CT molecular complexity index is 665. The SMILES string of the molecule is Cc1ccc(S(=O)(=O)N2CC[C@@H]3OCCN(C)[C@H]3C2)c(Cl)c1. The lowest BCUT2D eigenvalue weighted by Crippen LogP contribution is -2.59. The molecule has 5 nitrogen and oxygen atoms in total. The molecule has 0 aliphatic carbocycles. The van der Waals surface area contributed by atoms with Crippen molar-refractivity contribution in [1.29, 1.82) is 0 Å². The molecule has 22 heavy (non-hydrogen) atoms. The van der Waals surface area contributed by atoms with Crippen molar-refractivity contribution >= 4 is 21.6 Å². The summed E-state index contributed by atoms with van der Waals surface area (Å²) in [6.07, 6.45) is 0.844. The van der Waals surface area contributed by atoms with Crippen molar-refractivity contribution in [3.8, 4) is 0 Å². The van der Waals surface area contributed by atoms with Crippen LogP contribution < -0.4 is 0 Å². The number of hydrogen-bond acceptors (Lipinski definition) is 4. The summed E-state index contributed by atoms with van der Waals surface area (Å²) in [5.41, 5.74) is 0.947. The highest BCUT2D eigenvalue weighted by molar-refractivity contribution is 7.89. The summed E-state index contributed by atoms with van der Waals surface area (Å²) in [7, 11) is -1.54. The molecule has 1 aromatic rings. The van der Waals surface area contributed by atoms with E-state index in [1.165, 1.54) is 4.31 Å². The molecule has 2 fully saturated rings. The average Bonchev–Trinajstić information content (AvgIpc) is 2.47. The van der Waals surface area contributed by atoms with Crippen molar-refractivity contribution in [3.05, 3.63) is 28.8 Å². The van der Waals surface area contributed by atoms with Crippen LogP contribution in [0.15, 0.2) is 23.1 Å². The molecule has 2 aliphatic heterocycles. The average molecular weight is 345 g/mol. The number of nitrogens with zero attached hydrogens (tertiary/aromatic N) is 2. The molecule has 2 heterocycles. The van der Waals surface area contributed by atoms with E-state index in [0.717, 1.165) is 18.5 Å². The maximum absolute atomic E-state index is 12.9. The Balaban J connectivity index is 1.86. The van der Waals surface area contributed by atoms with Gasteiger partial charge in [0.05, 0.1) is 17.7 Å². The van der Waals surface area contributed by atoms with Crippen LogP contribution >= 0.6 is 11.6 Å². The van der Waals surface area contributed by atoms with Gasteiger partial charge in [0.1, 0.15) is 4.90 Å². The Morgan fingerprint density at radius 1 is 1.32 bits per heavy atom. The third-order valence-corrected chi connectivity index (χ3v) is 6.88. The predicted octanol–water partition coefficient (Wildman–Crippen LogP) is 1.74. The fourth-order valence-corrected chi connectivity index (χ4v) is 5.23. The van der Waals surface area contributed by atoms with Gasteiger partial charge in [-0.2, -0.15) is 4.31 Å². The highest BCUT2D eigenvalue weighted by atomic mass is 35.5. The summed E-state index contributed by atoms with van der Waals surface area (Å²) >= 11 is 6.16. The predicted molar refractivity (Wildman–Crippen MR) is 85.7 cm³/mol. The van der Waals surface area contributed by atoms with E-state index >= 15 is 0 Å². The van der Waals surface area contributed by atoms with Crippen molar-refractivity contribution in [2.24, 2.45) is 0 Å². The molecule has 0 N–H and O–H groups in total. The molecule has 0 bridgehead atoms. The molecule has 0 spiro atoms. The number of morpholine rings is 1. The normalized spacial score (nSPS) is 27.6. The van der Waals surface area contributed by atoms with E-state index < -0.39 is 10.0 Å². The van der Waals surface area contributed by atoms with E-state index in [2.05, 4.69) is 4.90 Å². The maximum atomic E-state index is 12.9. The fourth-order valence-electron chi connectivity index (χ4n) is 3.19. The molecular formula is C15H21ClN2O3S. The van der Waals surface area contributed by atoms with Crippen LogP contribution in [0.5, 0.6) is 0 Å². The molecule has 3 rings (SSSR count). The van der Waals surface area contributed by atoms with Crippen LogP contribution in [0.25, 0.3) is 0 Å². The smallest absolute Gasteiger partial charge is 0.244 e. The lowest BCUT2D eigenvalue weighted by molar-refractivity contribution is -0.0840. The number of ether oxygens (including phenoxy) is 1. The standard InChI is InChI=1S/C15H21ClN2O3S/c1-11-3-4-15(12(16)9-11)22(19,20)18-6-5-14-13(10-18)17(2)7-8-21-14/h3-4,9,13-14H,5-8,10H2,1-2H3/t13-,14-/m0/s1. The van der Waals surface area contributed by atoms with Gasteiger partial charge in [0.2, 0.25) is 10.0 Å². The molecule has 0 amide bonds. The second-order valence-electron chi connectivity index (χ2n) is 6.04. The van der Waals surface area contributed by atoms with Crippen molar-refractivity contribution in [2.45, 2.75) is 30.4 Å². The first-order chi connectivity index (χ1) is 10.4. The summed E-state index contributed by atoms with van der Waals surface area (Å²) in [5.74, 6) is 0. The molecule has 0 aromatic heterocycles. The molecule has 1 aromatic carbocycles. The van der Waals surface area contributed by atoms with Crippen LogP contribution in [0.3, 0.4) is 0 Å². The zero-order valence-corrected chi connectivity index (χ0v) is 14.4. The first-order valence-corrected chi connectivity index (χ1v) is 9.29. The lowest BCUT2D eigenvalue weighted by Gasteiger charge is -2.45. The fraction of sp³-hybridized carbons (Fsp3) is 0.600. The Kier molecular flexibility index (Phi) is 4.49. The third-order valence-electron chi connectivity index (χ3n) is 4.53. The molecule has 7 heteroatoms. The molecule has 2 aliphatic rings. The number of piperidine rings is 1. The first kappa shape index (κ1) is 16.2. The van der Waals surface area contributed by atoms with E-state index in [-0.39, 0.29) is 22.1 Å². The molecular weight excluding hydrogens is 324 g/mol. The minimum Gasteiger partial charge on any atom is -0.375 e. The van der Waals surface area contributed by atoms with Gasteiger partial charge in [0, 0.05) is 25.7 Å². The summed E-state index contributed by atoms with van der Waals surface area (Å²) in [4.78, 5) is 2.38. The van der Waals surface area contributed by atoms with Crippen molar-refractivity contribution in [2.75, 3.05) is 33.3 Å². The summed E-state index contributed by atoms with van der Waals surface area (Å²) in [6.45, 7) is 4.37. The number of hydrogen-bond donors (Lipinski definition) is 0. The van der Waals surface area contributed by atoms with Crippen LogP contribution in [0.2, 0.25) is 5.02 Å².